The third-order valence-electron chi connectivity index (χ3n) is 3.87. The second kappa shape index (κ2) is 7.23. The van der Waals surface area contributed by atoms with Crippen molar-refractivity contribution in [3.63, 3.8) is 0 Å². The Balaban J connectivity index is 2.65. The van der Waals surface area contributed by atoms with Crippen molar-refractivity contribution in [2.24, 2.45) is 0 Å². The zero-order valence-electron chi connectivity index (χ0n) is 13.1. The first kappa shape index (κ1) is 16.4. The Bertz CT molecular complexity index is 313. The maximum atomic E-state index is 9.45. The Labute approximate surface area is 118 Å². The van der Waals surface area contributed by atoms with Crippen LogP contribution in [0.5, 0.6) is 0 Å². The van der Waals surface area contributed by atoms with Crippen molar-refractivity contribution in [2.45, 2.75) is 71.1 Å². The number of morpholine rings is 1. The van der Waals surface area contributed by atoms with E-state index in [1.165, 1.54) is 0 Å². The maximum Gasteiger partial charge on any atom is 0.105 e. The predicted octanol–water partition coefficient (Wildman–Crippen LogP) is 2.16. The standard InChI is InChI=1S/C15H29N3O/c1-6-14-10-19-8-7-18(14)13(4)9-15(5,11-16)17-12(2)3/h12-14,17H,6-10H2,1-5H3. The van der Waals surface area contributed by atoms with Crippen LogP contribution in [0.4, 0.5) is 0 Å². The van der Waals surface area contributed by atoms with E-state index >= 15 is 0 Å². The fourth-order valence-corrected chi connectivity index (χ4v) is 3.08. The van der Waals surface area contributed by atoms with Crippen LogP contribution in [-0.4, -0.2) is 48.3 Å². The molecule has 1 saturated heterocycles. The highest BCUT2D eigenvalue weighted by molar-refractivity contribution is 5.06. The Morgan fingerprint density at radius 2 is 2.16 bits per heavy atom. The van der Waals surface area contributed by atoms with E-state index in [0.29, 0.717) is 18.1 Å². The topological polar surface area (TPSA) is 48.3 Å². The van der Waals surface area contributed by atoms with Crippen molar-refractivity contribution < 1.29 is 4.74 Å². The summed E-state index contributed by atoms with van der Waals surface area (Å²) in [7, 11) is 0. The number of nitrogens with zero attached hydrogens (tertiary/aromatic N) is 2. The minimum Gasteiger partial charge on any atom is -0.378 e. The van der Waals surface area contributed by atoms with Gasteiger partial charge in [-0.25, -0.2) is 0 Å². The van der Waals surface area contributed by atoms with Crippen LogP contribution in [0.25, 0.3) is 0 Å². The van der Waals surface area contributed by atoms with Gasteiger partial charge in [-0.3, -0.25) is 10.2 Å². The minimum absolute atomic E-state index is 0.323. The van der Waals surface area contributed by atoms with Gasteiger partial charge in [0.05, 0.1) is 19.3 Å². The van der Waals surface area contributed by atoms with Gasteiger partial charge in [-0.1, -0.05) is 6.92 Å². The number of nitriles is 1. The third-order valence-corrected chi connectivity index (χ3v) is 3.87. The summed E-state index contributed by atoms with van der Waals surface area (Å²) < 4.78 is 5.55. The van der Waals surface area contributed by atoms with Gasteiger partial charge in [0.25, 0.3) is 0 Å². The van der Waals surface area contributed by atoms with Gasteiger partial charge in [-0.2, -0.15) is 5.26 Å². The molecule has 1 aliphatic rings. The van der Waals surface area contributed by atoms with E-state index < -0.39 is 5.54 Å². The van der Waals surface area contributed by atoms with Gasteiger partial charge in [0.2, 0.25) is 0 Å². The lowest BCUT2D eigenvalue weighted by Gasteiger charge is -2.41. The van der Waals surface area contributed by atoms with Crippen LogP contribution in [-0.2, 0) is 4.74 Å². The zero-order chi connectivity index (χ0) is 14.5. The average molecular weight is 267 g/mol. The van der Waals surface area contributed by atoms with Crippen LogP contribution in [0, 0.1) is 11.3 Å². The molecule has 1 aliphatic heterocycles. The second-order valence-electron chi connectivity index (χ2n) is 6.17. The Morgan fingerprint density at radius 1 is 1.47 bits per heavy atom. The zero-order valence-corrected chi connectivity index (χ0v) is 13.1. The van der Waals surface area contributed by atoms with Crippen LogP contribution in [0.2, 0.25) is 0 Å². The lowest BCUT2D eigenvalue weighted by molar-refractivity contribution is -0.0311. The van der Waals surface area contributed by atoms with Gasteiger partial charge in [0, 0.05) is 24.7 Å². The van der Waals surface area contributed by atoms with Crippen LogP contribution >= 0.6 is 0 Å². The fourth-order valence-electron chi connectivity index (χ4n) is 3.08. The molecule has 1 rings (SSSR count). The predicted molar refractivity (Wildman–Crippen MR) is 78.0 cm³/mol. The Hall–Kier alpha value is -0.630. The molecule has 0 radical (unpaired) electrons. The minimum atomic E-state index is -0.454. The van der Waals surface area contributed by atoms with Gasteiger partial charge < -0.3 is 4.74 Å². The molecule has 0 aromatic rings. The molecule has 110 valence electrons. The lowest BCUT2D eigenvalue weighted by Crippen LogP contribution is -2.54. The van der Waals surface area contributed by atoms with E-state index in [1.54, 1.807) is 0 Å². The summed E-state index contributed by atoms with van der Waals surface area (Å²) in [5.41, 5.74) is -0.454. The highest BCUT2D eigenvalue weighted by atomic mass is 16.5. The van der Waals surface area contributed by atoms with E-state index in [9.17, 15) is 5.26 Å². The lowest BCUT2D eigenvalue weighted by atomic mass is 9.92. The molecule has 0 spiro atoms. The van der Waals surface area contributed by atoms with Crippen LogP contribution in [0.3, 0.4) is 0 Å². The molecule has 1 heterocycles. The van der Waals surface area contributed by atoms with Gasteiger partial charge in [0.15, 0.2) is 0 Å². The highest BCUT2D eigenvalue weighted by Gasteiger charge is 2.32. The fraction of sp³-hybridized carbons (Fsp3) is 0.933. The molecule has 3 atom stereocenters. The summed E-state index contributed by atoms with van der Waals surface area (Å²) in [6, 6.07) is 3.65. The van der Waals surface area contributed by atoms with E-state index in [-0.39, 0.29) is 0 Å². The first-order valence-corrected chi connectivity index (χ1v) is 7.44. The molecule has 0 aromatic carbocycles. The van der Waals surface area contributed by atoms with E-state index in [1.807, 2.05) is 6.92 Å². The summed E-state index contributed by atoms with van der Waals surface area (Å²) in [5.74, 6) is 0. The molecule has 0 saturated carbocycles. The van der Waals surface area contributed by atoms with Crippen molar-refractivity contribution in [1.29, 1.82) is 5.26 Å². The highest BCUT2D eigenvalue weighted by Crippen LogP contribution is 2.21. The number of nitrogens with one attached hydrogen (secondary N) is 1. The SMILES string of the molecule is CCC1COCCN1C(C)CC(C)(C#N)NC(C)C. The molecular weight excluding hydrogens is 238 g/mol. The number of rotatable bonds is 6. The van der Waals surface area contributed by atoms with Gasteiger partial charge in [-0.05, 0) is 40.5 Å². The summed E-state index contributed by atoms with van der Waals surface area (Å²) in [6.45, 7) is 13.2. The molecule has 4 nitrogen and oxygen atoms in total. The third kappa shape index (κ3) is 4.76. The molecule has 19 heavy (non-hydrogen) atoms. The van der Waals surface area contributed by atoms with Crippen LogP contribution in [0.15, 0.2) is 0 Å². The molecule has 1 fully saturated rings. The first-order valence-electron chi connectivity index (χ1n) is 7.44. The van der Waals surface area contributed by atoms with Crippen molar-refractivity contribution in [2.75, 3.05) is 19.8 Å². The number of ether oxygens (including phenoxy) is 1. The van der Waals surface area contributed by atoms with Crippen molar-refractivity contribution in [1.82, 2.24) is 10.2 Å². The quantitative estimate of drug-likeness (QED) is 0.801. The number of hydrogen-bond acceptors (Lipinski definition) is 4. The summed E-state index contributed by atoms with van der Waals surface area (Å²) in [6.07, 6.45) is 1.95. The largest absolute Gasteiger partial charge is 0.378 e. The molecule has 0 amide bonds. The average Bonchev–Trinajstić information content (AvgIpc) is 2.37. The Kier molecular flexibility index (Phi) is 6.25. The molecular formula is C15H29N3O. The maximum absolute atomic E-state index is 9.45. The van der Waals surface area contributed by atoms with E-state index in [2.05, 4.69) is 44.0 Å². The smallest absolute Gasteiger partial charge is 0.105 e. The van der Waals surface area contributed by atoms with Crippen molar-refractivity contribution >= 4 is 0 Å². The molecule has 0 aromatic heterocycles. The van der Waals surface area contributed by atoms with Crippen LogP contribution < -0.4 is 5.32 Å². The van der Waals surface area contributed by atoms with Crippen molar-refractivity contribution in [3.8, 4) is 6.07 Å². The van der Waals surface area contributed by atoms with E-state index in [0.717, 1.165) is 32.6 Å². The number of hydrogen-bond donors (Lipinski definition) is 1. The monoisotopic (exact) mass is 267 g/mol. The normalized spacial score (nSPS) is 25.8. The van der Waals surface area contributed by atoms with Gasteiger partial charge in [-0.15, -0.1) is 0 Å². The molecule has 4 heteroatoms. The molecule has 3 unspecified atom stereocenters. The van der Waals surface area contributed by atoms with E-state index in [4.69, 9.17) is 4.74 Å². The summed E-state index contributed by atoms with van der Waals surface area (Å²) >= 11 is 0. The van der Waals surface area contributed by atoms with Crippen molar-refractivity contribution in [3.05, 3.63) is 0 Å². The summed E-state index contributed by atoms with van der Waals surface area (Å²) in [5, 5.41) is 12.8. The van der Waals surface area contributed by atoms with Gasteiger partial charge in [0.1, 0.15) is 5.54 Å². The van der Waals surface area contributed by atoms with Gasteiger partial charge >= 0.3 is 0 Å². The first-order chi connectivity index (χ1) is 8.91. The molecule has 0 aliphatic carbocycles. The molecule has 1 N–H and O–H groups in total. The Morgan fingerprint density at radius 3 is 2.68 bits per heavy atom. The second-order valence-corrected chi connectivity index (χ2v) is 6.17. The summed E-state index contributed by atoms with van der Waals surface area (Å²) in [4.78, 5) is 2.50. The molecule has 0 bridgehead atoms. The van der Waals surface area contributed by atoms with Crippen LogP contribution in [0.1, 0.15) is 47.5 Å².